The molecule has 0 atom stereocenters. The Kier molecular flexibility index (Phi) is 6.37. The van der Waals surface area contributed by atoms with E-state index in [1.807, 2.05) is 25.1 Å². The summed E-state index contributed by atoms with van der Waals surface area (Å²) in [7, 11) is 1.70. The molecule has 0 amide bonds. The monoisotopic (exact) mass is 370 g/mol. The number of nitrogens with one attached hydrogen (secondary N) is 1. The smallest absolute Gasteiger partial charge is 0.255 e. The van der Waals surface area contributed by atoms with Gasteiger partial charge in [-0.3, -0.25) is 9.78 Å². The van der Waals surface area contributed by atoms with Gasteiger partial charge in [0.15, 0.2) is 0 Å². The SMILES string of the molecule is CCCCCc1c(C)nc(N2CCN(c3ccccc3OC)CC2)[nH]c1=O. The Bertz CT molecular complexity index is 810. The second-order valence-electron chi connectivity index (χ2n) is 7.06. The number of rotatable bonds is 7. The normalized spacial score (nSPS) is 14.5. The van der Waals surface area contributed by atoms with Crippen LogP contribution in [0.1, 0.15) is 37.4 Å². The lowest BCUT2D eigenvalue weighted by molar-refractivity contribution is 0.413. The molecule has 1 aromatic carbocycles. The average molecular weight is 370 g/mol. The molecule has 3 rings (SSSR count). The predicted octanol–water partition coefficient (Wildman–Crippen LogP) is 3.15. The minimum Gasteiger partial charge on any atom is -0.495 e. The number of benzene rings is 1. The first kappa shape index (κ1) is 19.3. The molecular weight excluding hydrogens is 340 g/mol. The zero-order chi connectivity index (χ0) is 19.2. The van der Waals surface area contributed by atoms with Crippen molar-refractivity contribution in [2.24, 2.45) is 0 Å². The molecule has 1 aliphatic rings. The van der Waals surface area contributed by atoms with Crippen LogP contribution in [0.25, 0.3) is 0 Å². The van der Waals surface area contributed by atoms with E-state index in [-0.39, 0.29) is 5.56 Å². The summed E-state index contributed by atoms with van der Waals surface area (Å²) in [5, 5.41) is 0. The third-order valence-corrected chi connectivity index (χ3v) is 5.25. The zero-order valence-electron chi connectivity index (χ0n) is 16.6. The van der Waals surface area contributed by atoms with E-state index in [0.29, 0.717) is 5.95 Å². The highest BCUT2D eigenvalue weighted by molar-refractivity contribution is 5.59. The van der Waals surface area contributed by atoms with E-state index in [2.05, 4.69) is 27.8 Å². The topological polar surface area (TPSA) is 61.5 Å². The van der Waals surface area contributed by atoms with Gasteiger partial charge in [-0.25, -0.2) is 4.98 Å². The summed E-state index contributed by atoms with van der Waals surface area (Å²) in [6, 6.07) is 8.09. The molecule has 146 valence electrons. The Morgan fingerprint density at radius 2 is 1.81 bits per heavy atom. The predicted molar refractivity (Wildman–Crippen MR) is 110 cm³/mol. The largest absolute Gasteiger partial charge is 0.495 e. The van der Waals surface area contributed by atoms with Crippen LogP contribution in [0.3, 0.4) is 0 Å². The zero-order valence-corrected chi connectivity index (χ0v) is 16.6. The number of unbranched alkanes of at least 4 members (excludes halogenated alkanes) is 2. The van der Waals surface area contributed by atoms with Crippen molar-refractivity contribution < 1.29 is 4.74 Å². The molecule has 1 fully saturated rings. The number of aryl methyl sites for hydroxylation is 1. The van der Waals surface area contributed by atoms with Crippen molar-refractivity contribution in [2.45, 2.75) is 39.5 Å². The molecule has 1 aliphatic heterocycles. The summed E-state index contributed by atoms with van der Waals surface area (Å²) in [6.45, 7) is 7.47. The van der Waals surface area contributed by atoms with Gasteiger partial charge in [-0.1, -0.05) is 31.9 Å². The molecule has 0 spiro atoms. The summed E-state index contributed by atoms with van der Waals surface area (Å²) in [6.07, 6.45) is 4.15. The van der Waals surface area contributed by atoms with Crippen LogP contribution in [0.2, 0.25) is 0 Å². The Morgan fingerprint density at radius 3 is 2.48 bits per heavy atom. The lowest BCUT2D eigenvalue weighted by Crippen LogP contribution is -2.47. The van der Waals surface area contributed by atoms with Gasteiger partial charge >= 0.3 is 0 Å². The van der Waals surface area contributed by atoms with Crippen molar-refractivity contribution in [3.63, 3.8) is 0 Å². The minimum atomic E-state index is 0.0146. The molecule has 1 N–H and O–H groups in total. The molecule has 2 heterocycles. The highest BCUT2D eigenvalue weighted by Crippen LogP contribution is 2.28. The van der Waals surface area contributed by atoms with E-state index >= 15 is 0 Å². The third-order valence-electron chi connectivity index (χ3n) is 5.25. The second-order valence-corrected chi connectivity index (χ2v) is 7.06. The third kappa shape index (κ3) is 4.43. The average Bonchev–Trinajstić information content (AvgIpc) is 2.70. The lowest BCUT2D eigenvalue weighted by atomic mass is 10.1. The van der Waals surface area contributed by atoms with Crippen molar-refractivity contribution >= 4 is 11.6 Å². The number of methoxy groups -OCH3 is 1. The van der Waals surface area contributed by atoms with E-state index in [1.165, 1.54) is 0 Å². The molecule has 0 saturated carbocycles. The van der Waals surface area contributed by atoms with Crippen molar-refractivity contribution in [3.05, 3.63) is 45.9 Å². The second kappa shape index (κ2) is 8.93. The molecule has 0 aliphatic carbocycles. The van der Waals surface area contributed by atoms with Gasteiger partial charge in [0, 0.05) is 37.4 Å². The number of aromatic amines is 1. The van der Waals surface area contributed by atoms with Crippen LogP contribution in [-0.4, -0.2) is 43.3 Å². The number of para-hydroxylation sites is 2. The number of hydrogen-bond donors (Lipinski definition) is 1. The lowest BCUT2D eigenvalue weighted by Gasteiger charge is -2.36. The highest BCUT2D eigenvalue weighted by Gasteiger charge is 2.21. The fourth-order valence-electron chi connectivity index (χ4n) is 3.64. The maximum absolute atomic E-state index is 12.5. The molecule has 0 bridgehead atoms. The van der Waals surface area contributed by atoms with Crippen LogP contribution in [-0.2, 0) is 6.42 Å². The molecule has 6 nitrogen and oxygen atoms in total. The van der Waals surface area contributed by atoms with E-state index in [9.17, 15) is 4.79 Å². The van der Waals surface area contributed by atoms with Gasteiger partial charge < -0.3 is 14.5 Å². The van der Waals surface area contributed by atoms with Gasteiger partial charge in [-0.05, 0) is 31.9 Å². The van der Waals surface area contributed by atoms with Crippen molar-refractivity contribution in [2.75, 3.05) is 43.1 Å². The van der Waals surface area contributed by atoms with Gasteiger partial charge in [0.25, 0.3) is 5.56 Å². The molecule has 6 heteroatoms. The van der Waals surface area contributed by atoms with E-state index in [1.54, 1.807) is 7.11 Å². The maximum atomic E-state index is 12.5. The van der Waals surface area contributed by atoms with Gasteiger partial charge in [-0.2, -0.15) is 0 Å². The fraction of sp³-hybridized carbons (Fsp3) is 0.524. The van der Waals surface area contributed by atoms with Gasteiger partial charge in [-0.15, -0.1) is 0 Å². The number of ether oxygens (including phenoxy) is 1. The van der Waals surface area contributed by atoms with E-state index in [0.717, 1.165) is 74.6 Å². The Labute approximate surface area is 161 Å². The molecule has 2 aromatic rings. The maximum Gasteiger partial charge on any atom is 0.255 e. The summed E-state index contributed by atoms with van der Waals surface area (Å²) in [5.41, 5.74) is 2.82. The molecule has 0 unspecified atom stereocenters. The van der Waals surface area contributed by atoms with Gasteiger partial charge in [0.05, 0.1) is 12.8 Å². The Hall–Kier alpha value is -2.50. The fourth-order valence-corrected chi connectivity index (χ4v) is 3.64. The number of anilines is 2. The molecular formula is C21H30N4O2. The van der Waals surface area contributed by atoms with E-state index < -0.39 is 0 Å². The first-order valence-electron chi connectivity index (χ1n) is 9.86. The van der Waals surface area contributed by atoms with Crippen LogP contribution in [0.15, 0.2) is 29.1 Å². The highest BCUT2D eigenvalue weighted by atomic mass is 16.5. The number of piperazine rings is 1. The van der Waals surface area contributed by atoms with Crippen molar-refractivity contribution in [1.29, 1.82) is 0 Å². The molecule has 1 saturated heterocycles. The van der Waals surface area contributed by atoms with Crippen molar-refractivity contribution in [1.82, 2.24) is 9.97 Å². The van der Waals surface area contributed by atoms with Gasteiger partial charge in [0.2, 0.25) is 5.95 Å². The number of nitrogens with zero attached hydrogens (tertiary/aromatic N) is 3. The Balaban J connectivity index is 1.68. The molecule has 0 radical (unpaired) electrons. The van der Waals surface area contributed by atoms with Crippen molar-refractivity contribution in [3.8, 4) is 5.75 Å². The summed E-state index contributed by atoms with van der Waals surface area (Å²) < 4.78 is 5.48. The van der Waals surface area contributed by atoms with E-state index in [4.69, 9.17) is 9.72 Å². The quantitative estimate of drug-likeness (QED) is 0.759. The Morgan fingerprint density at radius 1 is 1.11 bits per heavy atom. The standard InChI is InChI=1S/C21H30N4O2/c1-4-5-6-9-17-16(2)22-21(23-20(17)26)25-14-12-24(13-15-25)18-10-7-8-11-19(18)27-3/h7-8,10-11H,4-6,9,12-15H2,1-3H3,(H,22,23,26). The summed E-state index contributed by atoms with van der Waals surface area (Å²) >= 11 is 0. The first-order chi connectivity index (χ1) is 13.1. The first-order valence-corrected chi connectivity index (χ1v) is 9.86. The van der Waals surface area contributed by atoms with Crippen LogP contribution < -0.4 is 20.1 Å². The number of aromatic nitrogens is 2. The number of hydrogen-bond acceptors (Lipinski definition) is 5. The molecule has 27 heavy (non-hydrogen) atoms. The van der Waals surface area contributed by atoms with Crippen LogP contribution in [0.5, 0.6) is 5.75 Å². The van der Waals surface area contributed by atoms with Crippen LogP contribution >= 0.6 is 0 Å². The van der Waals surface area contributed by atoms with Crippen LogP contribution in [0.4, 0.5) is 11.6 Å². The summed E-state index contributed by atoms with van der Waals surface area (Å²) in [4.78, 5) is 24.7. The molecule has 1 aromatic heterocycles. The minimum absolute atomic E-state index is 0.0146. The number of H-pyrrole nitrogens is 1. The van der Waals surface area contributed by atoms with Gasteiger partial charge in [0.1, 0.15) is 5.75 Å². The summed E-state index contributed by atoms with van der Waals surface area (Å²) in [5.74, 6) is 1.58. The van der Waals surface area contributed by atoms with Crippen LogP contribution in [0, 0.1) is 6.92 Å².